The Hall–Kier alpha value is -4.53. The molecule has 0 bridgehead atoms. The van der Waals surface area contributed by atoms with Gasteiger partial charge >= 0.3 is 0 Å². The predicted molar refractivity (Wildman–Crippen MR) is 118 cm³/mol. The summed E-state index contributed by atoms with van der Waals surface area (Å²) < 4.78 is 9.38. The summed E-state index contributed by atoms with van der Waals surface area (Å²) in [4.78, 5) is 17.3. The van der Waals surface area contributed by atoms with Crippen molar-refractivity contribution in [1.82, 2.24) is 29.6 Å². The maximum absolute atomic E-state index is 12.7. The van der Waals surface area contributed by atoms with Crippen molar-refractivity contribution in [3.8, 4) is 11.4 Å². The van der Waals surface area contributed by atoms with Crippen molar-refractivity contribution in [2.45, 2.75) is 13.5 Å². The lowest BCUT2D eigenvalue weighted by Gasteiger charge is -2.10. The molecule has 32 heavy (non-hydrogen) atoms. The number of fused-ring (bicyclic) bond motifs is 1. The fraction of sp³-hybridized carbons (Fsp3) is 0.0870. The minimum Gasteiger partial charge on any atom is -0.487 e. The van der Waals surface area contributed by atoms with E-state index in [4.69, 9.17) is 4.74 Å². The Bertz CT molecular complexity index is 1360. The number of nitrogens with one attached hydrogen (secondary N) is 1. The van der Waals surface area contributed by atoms with E-state index >= 15 is 0 Å². The van der Waals surface area contributed by atoms with Gasteiger partial charge in [0.05, 0.1) is 11.4 Å². The van der Waals surface area contributed by atoms with Crippen LogP contribution in [0, 0.1) is 6.92 Å². The molecular weight excluding hydrogens is 406 g/mol. The number of hydrogen-bond acceptors (Lipinski definition) is 6. The number of aromatic nitrogens is 6. The van der Waals surface area contributed by atoms with Gasteiger partial charge in [0.25, 0.3) is 5.91 Å². The van der Waals surface area contributed by atoms with Crippen LogP contribution in [0.15, 0.2) is 79.4 Å². The van der Waals surface area contributed by atoms with Crippen molar-refractivity contribution in [3.05, 3.63) is 96.2 Å². The van der Waals surface area contributed by atoms with Crippen LogP contribution in [0.25, 0.3) is 11.3 Å². The number of carbonyl (C=O) groups excluding carboxylic acids is 1. The van der Waals surface area contributed by atoms with Crippen LogP contribution in [0.5, 0.6) is 5.75 Å². The summed E-state index contributed by atoms with van der Waals surface area (Å²) in [5, 5.41) is 14.1. The van der Waals surface area contributed by atoms with Gasteiger partial charge < -0.3 is 14.5 Å². The molecule has 3 heterocycles. The SMILES string of the molecule is Cc1cc(C(=O)Nc2cccc(OCc3cn4ccccc4n3)c2)ccc1-n1cnnn1. The van der Waals surface area contributed by atoms with Crippen molar-refractivity contribution >= 4 is 17.2 Å². The zero-order valence-electron chi connectivity index (χ0n) is 17.2. The molecule has 1 amide bonds. The molecule has 2 aromatic carbocycles. The second kappa shape index (κ2) is 8.31. The number of tetrazole rings is 1. The van der Waals surface area contributed by atoms with E-state index in [0.717, 1.165) is 22.6 Å². The Morgan fingerprint density at radius 3 is 2.84 bits per heavy atom. The second-order valence-corrected chi connectivity index (χ2v) is 7.22. The average molecular weight is 425 g/mol. The highest BCUT2D eigenvalue weighted by Crippen LogP contribution is 2.21. The van der Waals surface area contributed by atoms with Gasteiger partial charge in [-0.05, 0) is 65.4 Å². The number of rotatable bonds is 6. The van der Waals surface area contributed by atoms with Gasteiger partial charge in [-0.15, -0.1) is 5.10 Å². The van der Waals surface area contributed by atoms with E-state index in [0.29, 0.717) is 23.6 Å². The summed E-state index contributed by atoms with van der Waals surface area (Å²) in [7, 11) is 0. The first-order valence-corrected chi connectivity index (χ1v) is 9.96. The van der Waals surface area contributed by atoms with Gasteiger partial charge in [0.15, 0.2) is 0 Å². The van der Waals surface area contributed by atoms with Gasteiger partial charge in [-0.25, -0.2) is 9.67 Å². The molecule has 0 atom stereocenters. The van der Waals surface area contributed by atoms with Crippen molar-refractivity contribution < 1.29 is 9.53 Å². The normalized spacial score (nSPS) is 10.9. The van der Waals surface area contributed by atoms with Crippen LogP contribution in [0.1, 0.15) is 21.6 Å². The van der Waals surface area contributed by atoms with E-state index in [-0.39, 0.29) is 5.91 Å². The van der Waals surface area contributed by atoms with Crippen LogP contribution in [0.4, 0.5) is 5.69 Å². The van der Waals surface area contributed by atoms with Crippen LogP contribution in [0.2, 0.25) is 0 Å². The minimum absolute atomic E-state index is 0.214. The maximum Gasteiger partial charge on any atom is 0.255 e. The van der Waals surface area contributed by atoms with Crippen molar-refractivity contribution in [1.29, 1.82) is 0 Å². The number of anilines is 1. The van der Waals surface area contributed by atoms with E-state index < -0.39 is 0 Å². The first-order valence-electron chi connectivity index (χ1n) is 9.96. The molecular formula is C23H19N7O2. The van der Waals surface area contributed by atoms with Crippen molar-refractivity contribution in [2.24, 2.45) is 0 Å². The Morgan fingerprint density at radius 1 is 1.09 bits per heavy atom. The third-order valence-corrected chi connectivity index (χ3v) is 4.95. The molecule has 158 valence electrons. The molecule has 0 aliphatic heterocycles. The summed E-state index contributed by atoms with van der Waals surface area (Å²) in [5.74, 6) is 0.430. The van der Waals surface area contributed by atoms with Gasteiger partial charge in [0, 0.05) is 29.7 Å². The molecule has 0 spiro atoms. The highest BCUT2D eigenvalue weighted by Gasteiger charge is 2.11. The van der Waals surface area contributed by atoms with Crippen LogP contribution < -0.4 is 10.1 Å². The highest BCUT2D eigenvalue weighted by atomic mass is 16.5. The Morgan fingerprint density at radius 2 is 2.03 bits per heavy atom. The fourth-order valence-electron chi connectivity index (χ4n) is 3.41. The van der Waals surface area contributed by atoms with E-state index in [9.17, 15) is 4.79 Å². The molecule has 0 saturated carbocycles. The lowest BCUT2D eigenvalue weighted by Crippen LogP contribution is -2.12. The van der Waals surface area contributed by atoms with Gasteiger partial charge in [-0.2, -0.15) is 0 Å². The standard InChI is InChI=1S/C23H19N7O2/c1-16-11-17(8-9-21(16)30-15-24-27-28-30)23(31)26-18-5-4-6-20(12-18)32-14-19-13-29-10-3-2-7-22(29)25-19/h2-13,15H,14H2,1H3,(H,26,31). The summed E-state index contributed by atoms with van der Waals surface area (Å²) in [6, 6.07) is 18.5. The molecule has 0 unspecified atom stereocenters. The maximum atomic E-state index is 12.7. The largest absolute Gasteiger partial charge is 0.487 e. The molecule has 1 N–H and O–H groups in total. The van der Waals surface area contributed by atoms with E-state index in [1.807, 2.05) is 66.2 Å². The third-order valence-electron chi connectivity index (χ3n) is 4.95. The lowest BCUT2D eigenvalue weighted by atomic mass is 10.1. The van der Waals surface area contributed by atoms with Gasteiger partial charge in [-0.3, -0.25) is 4.79 Å². The first kappa shape index (κ1) is 19.4. The first-order chi connectivity index (χ1) is 15.7. The van der Waals surface area contributed by atoms with Crippen LogP contribution in [-0.4, -0.2) is 35.5 Å². The number of hydrogen-bond donors (Lipinski definition) is 1. The monoisotopic (exact) mass is 425 g/mol. The number of imidazole rings is 1. The van der Waals surface area contributed by atoms with Gasteiger partial charge in [0.2, 0.25) is 0 Å². The minimum atomic E-state index is -0.214. The Labute approximate surface area is 183 Å². The van der Waals surface area contributed by atoms with Crippen LogP contribution >= 0.6 is 0 Å². The molecule has 0 aliphatic carbocycles. The number of benzene rings is 2. The van der Waals surface area contributed by atoms with Gasteiger partial charge in [0.1, 0.15) is 24.3 Å². The predicted octanol–water partition coefficient (Wildman–Crippen LogP) is 3.45. The summed E-state index contributed by atoms with van der Waals surface area (Å²) >= 11 is 0. The zero-order valence-corrected chi connectivity index (χ0v) is 17.2. The Kier molecular flexibility index (Phi) is 5.04. The van der Waals surface area contributed by atoms with E-state index in [1.165, 1.54) is 6.33 Å². The van der Waals surface area contributed by atoms with E-state index in [1.54, 1.807) is 22.9 Å². The fourth-order valence-corrected chi connectivity index (χ4v) is 3.41. The summed E-state index contributed by atoms with van der Waals surface area (Å²) in [6.07, 6.45) is 5.39. The summed E-state index contributed by atoms with van der Waals surface area (Å²) in [6.45, 7) is 2.23. The van der Waals surface area contributed by atoms with Crippen molar-refractivity contribution in [3.63, 3.8) is 0 Å². The van der Waals surface area contributed by atoms with E-state index in [2.05, 4.69) is 25.8 Å². The summed E-state index contributed by atoms with van der Waals surface area (Å²) in [5.41, 5.74) is 4.57. The zero-order chi connectivity index (χ0) is 21.9. The number of amides is 1. The molecule has 9 nitrogen and oxygen atoms in total. The average Bonchev–Trinajstić information content (AvgIpc) is 3.47. The topological polar surface area (TPSA) is 99.2 Å². The third kappa shape index (κ3) is 4.04. The highest BCUT2D eigenvalue weighted by molar-refractivity contribution is 6.04. The van der Waals surface area contributed by atoms with Crippen molar-refractivity contribution in [2.75, 3.05) is 5.32 Å². The lowest BCUT2D eigenvalue weighted by molar-refractivity contribution is 0.102. The second-order valence-electron chi connectivity index (χ2n) is 7.22. The molecule has 0 fully saturated rings. The smallest absolute Gasteiger partial charge is 0.255 e. The molecule has 0 aliphatic rings. The molecule has 9 heteroatoms. The number of pyridine rings is 1. The number of aryl methyl sites for hydroxylation is 1. The molecule has 0 saturated heterocycles. The molecule has 0 radical (unpaired) electrons. The molecule has 5 aromatic rings. The van der Waals surface area contributed by atoms with Crippen LogP contribution in [0.3, 0.4) is 0 Å². The molecule has 3 aromatic heterocycles. The van der Waals surface area contributed by atoms with Gasteiger partial charge in [-0.1, -0.05) is 12.1 Å². The molecule has 5 rings (SSSR count). The Balaban J connectivity index is 1.26. The number of ether oxygens (including phenoxy) is 1. The number of nitrogens with zero attached hydrogens (tertiary/aromatic N) is 6. The van der Waals surface area contributed by atoms with Crippen LogP contribution in [-0.2, 0) is 6.61 Å². The number of carbonyl (C=O) groups is 1. The quantitative estimate of drug-likeness (QED) is 0.447.